The Kier molecular flexibility index (Phi) is 2.41. The maximum atomic E-state index is 11.4. The maximum Gasteiger partial charge on any atom is 0.356 e. The summed E-state index contributed by atoms with van der Waals surface area (Å²) in [6.45, 7) is 0. The highest BCUT2D eigenvalue weighted by atomic mass is 16.4. The molecule has 0 saturated carbocycles. The molecule has 21 heavy (non-hydrogen) atoms. The maximum absolute atomic E-state index is 11.4. The molecular weight excluding hydrogens is 270 g/mol. The van der Waals surface area contributed by atoms with Gasteiger partial charge in [0.25, 0.3) is 0 Å². The number of aromatic nitrogens is 5. The Balaban J connectivity index is 2.04. The summed E-state index contributed by atoms with van der Waals surface area (Å²) in [7, 11) is 0. The van der Waals surface area contributed by atoms with Crippen molar-refractivity contribution in [2.24, 2.45) is 0 Å². The molecule has 0 bridgehead atoms. The van der Waals surface area contributed by atoms with Crippen LogP contribution in [0.2, 0.25) is 0 Å². The molecule has 1 aliphatic carbocycles. The average Bonchev–Trinajstić information content (AvgIpc) is 3.11. The van der Waals surface area contributed by atoms with Gasteiger partial charge in [-0.15, -0.1) is 0 Å². The second-order valence-corrected chi connectivity index (χ2v) is 4.84. The minimum Gasteiger partial charge on any atom is -0.476 e. The number of rotatable bonds is 2. The van der Waals surface area contributed by atoms with E-state index >= 15 is 0 Å². The molecular formula is C14H11N5O2. The number of fused-ring (bicyclic) bond motifs is 3. The van der Waals surface area contributed by atoms with Crippen LogP contribution in [0, 0.1) is 0 Å². The summed E-state index contributed by atoms with van der Waals surface area (Å²) in [6, 6.07) is 5.45. The van der Waals surface area contributed by atoms with E-state index in [1.807, 2.05) is 6.07 Å². The van der Waals surface area contributed by atoms with Gasteiger partial charge in [-0.3, -0.25) is 5.10 Å². The molecule has 0 radical (unpaired) electrons. The van der Waals surface area contributed by atoms with Crippen LogP contribution in [0.3, 0.4) is 0 Å². The van der Waals surface area contributed by atoms with E-state index in [4.69, 9.17) is 0 Å². The Hall–Kier alpha value is -2.96. The van der Waals surface area contributed by atoms with Crippen LogP contribution >= 0.6 is 0 Å². The van der Waals surface area contributed by atoms with Crippen LogP contribution in [0.25, 0.3) is 17.1 Å². The SMILES string of the molecule is O=C(O)c1nn(-c2ccccn2)c2c1CCc1[nH]ncc1-2. The third kappa shape index (κ3) is 1.67. The van der Waals surface area contributed by atoms with Gasteiger partial charge in [-0.2, -0.15) is 10.2 Å². The zero-order chi connectivity index (χ0) is 14.4. The largest absolute Gasteiger partial charge is 0.476 e. The van der Waals surface area contributed by atoms with E-state index in [0.29, 0.717) is 12.2 Å². The normalized spacial score (nSPS) is 12.8. The summed E-state index contributed by atoms with van der Waals surface area (Å²) in [5.74, 6) is -0.428. The third-order valence-electron chi connectivity index (χ3n) is 3.65. The Morgan fingerprint density at radius 1 is 1.33 bits per heavy atom. The third-order valence-corrected chi connectivity index (χ3v) is 3.65. The highest BCUT2D eigenvalue weighted by Gasteiger charge is 2.29. The molecule has 3 heterocycles. The smallest absolute Gasteiger partial charge is 0.356 e. The number of carbonyl (C=O) groups is 1. The lowest BCUT2D eigenvalue weighted by Gasteiger charge is -2.13. The number of hydrogen-bond acceptors (Lipinski definition) is 4. The van der Waals surface area contributed by atoms with Crippen molar-refractivity contribution in [3.05, 3.63) is 47.5 Å². The summed E-state index contributed by atoms with van der Waals surface area (Å²) in [6.07, 6.45) is 4.72. The number of H-pyrrole nitrogens is 1. The second kappa shape index (κ2) is 4.27. The van der Waals surface area contributed by atoms with Crippen molar-refractivity contribution < 1.29 is 9.90 Å². The van der Waals surface area contributed by atoms with E-state index in [9.17, 15) is 9.90 Å². The van der Waals surface area contributed by atoms with Gasteiger partial charge >= 0.3 is 5.97 Å². The van der Waals surface area contributed by atoms with Crippen molar-refractivity contribution >= 4 is 5.97 Å². The van der Waals surface area contributed by atoms with Gasteiger partial charge < -0.3 is 5.11 Å². The molecule has 3 aromatic heterocycles. The minimum atomic E-state index is -1.02. The Morgan fingerprint density at radius 3 is 3.00 bits per heavy atom. The lowest BCUT2D eigenvalue weighted by atomic mass is 9.94. The van der Waals surface area contributed by atoms with E-state index < -0.39 is 5.97 Å². The van der Waals surface area contributed by atoms with E-state index in [1.165, 1.54) is 0 Å². The first kappa shape index (κ1) is 11.8. The van der Waals surface area contributed by atoms with E-state index in [-0.39, 0.29) is 5.69 Å². The number of carboxylic acid groups (broad SMARTS) is 1. The molecule has 0 fully saturated rings. The van der Waals surface area contributed by atoms with Crippen LogP contribution < -0.4 is 0 Å². The van der Waals surface area contributed by atoms with E-state index in [2.05, 4.69) is 20.3 Å². The molecule has 4 rings (SSSR count). The standard InChI is InChI=1S/C14H11N5O2/c20-14(21)12-8-4-5-10-9(7-16-17-10)13(8)19(18-12)11-3-1-2-6-15-11/h1-3,6-7H,4-5H2,(H,16,17)(H,20,21). The zero-order valence-electron chi connectivity index (χ0n) is 10.9. The fourth-order valence-corrected chi connectivity index (χ4v) is 2.74. The molecule has 0 aromatic carbocycles. The number of carboxylic acids is 1. The number of pyridine rings is 1. The molecule has 0 spiro atoms. The van der Waals surface area contributed by atoms with Gasteiger partial charge in [0.05, 0.1) is 11.9 Å². The first-order valence-corrected chi connectivity index (χ1v) is 6.55. The fourth-order valence-electron chi connectivity index (χ4n) is 2.74. The molecule has 0 atom stereocenters. The summed E-state index contributed by atoms with van der Waals surface area (Å²) >= 11 is 0. The van der Waals surface area contributed by atoms with Crippen LogP contribution in [-0.2, 0) is 12.8 Å². The van der Waals surface area contributed by atoms with Gasteiger partial charge in [0.15, 0.2) is 11.5 Å². The number of aryl methyl sites for hydroxylation is 1. The predicted molar refractivity (Wildman–Crippen MR) is 73.3 cm³/mol. The Morgan fingerprint density at radius 2 is 2.24 bits per heavy atom. The molecule has 104 valence electrons. The monoisotopic (exact) mass is 281 g/mol. The fraction of sp³-hybridized carbons (Fsp3) is 0.143. The van der Waals surface area contributed by atoms with Crippen molar-refractivity contribution in [3.63, 3.8) is 0 Å². The summed E-state index contributed by atoms with van der Waals surface area (Å²) in [4.78, 5) is 15.7. The molecule has 7 nitrogen and oxygen atoms in total. The second-order valence-electron chi connectivity index (χ2n) is 4.84. The molecule has 1 aliphatic rings. The van der Waals surface area contributed by atoms with E-state index in [0.717, 1.165) is 28.9 Å². The lowest BCUT2D eigenvalue weighted by molar-refractivity contribution is 0.0688. The van der Waals surface area contributed by atoms with E-state index in [1.54, 1.807) is 29.2 Å². The predicted octanol–water partition coefficient (Wildman–Crippen LogP) is 1.45. The molecule has 3 aromatic rings. The molecule has 7 heteroatoms. The number of aromatic carboxylic acids is 1. The van der Waals surface area contributed by atoms with Crippen LogP contribution in [0.5, 0.6) is 0 Å². The van der Waals surface area contributed by atoms with Crippen molar-refractivity contribution in [1.29, 1.82) is 0 Å². The van der Waals surface area contributed by atoms with Gasteiger partial charge in [-0.25, -0.2) is 14.5 Å². The summed E-state index contributed by atoms with van der Waals surface area (Å²) < 4.78 is 1.59. The Labute approximate surface area is 119 Å². The van der Waals surface area contributed by atoms with Crippen LogP contribution in [0.1, 0.15) is 21.7 Å². The van der Waals surface area contributed by atoms with Crippen molar-refractivity contribution in [1.82, 2.24) is 25.0 Å². The zero-order valence-corrected chi connectivity index (χ0v) is 10.9. The van der Waals surface area contributed by atoms with Crippen LogP contribution in [-0.4, -0.2) is 36.0 Å². The van der Waals surface area contributed by atoms with Gasteiger partial charge in [0.1, 0.15) is 0 Å². The topological polar surface area (TPSA) is 96.7 Å². The molecule has 2 N–H and O–H groups in total. The number of nitrogens with zero attached hydrogens (tertiary/aromatic N) is 4. The van der Waals surface area contributed by atoms with Crippen molar-refractivity contribution in [3.8, 4) is 17.1 Å². The Bertz CT molecular complexity index is 834. The quantitative estimate of drug-likeness (QED) is 0.741. The summed E-state index contributed by atoms with van der Waals surface area (Å²) in [5, 5.41) is 20.6. The highest BCUT2D eigenvalue weighted by Crippen LogP contribution is 2.35. The summed E-state index contributed by atoms with van der Waals surface area (Å²) in [5.41, 5.74) is 3.48. The number of nitrogens with one attached hydrogen (secondary N) is 1. The lowest BCUT2D eigenvalue weighted by Crippen LogP contribution is -2.08. The molecule has 0 unspecified atom stereocenters. The average molecular weight is 281 g/mol. The van der Waals surface area contributed by atoms with Crippen LogP contribution in [0.4, 0.5) is 0 Å². The highest BCUT2D eigenvalue weighted by molar-refractivity contribution is 5.90. The van der Waals surface area contributed by atoms with Gasteiger partial charge in [0.2, 0.25) is 0 Å². The first-order chi connectivity index (χ1) is 10.3. The molecule has 0 amide bonds. The van der Waals surface area contributed by atoms with Gasteiger partial charge in [-0.05, 0) is 25.0 Å². The minimum absolute atomic E-state index is 0.0857. The molecule has 0 aliphatic heterocycles. The van der Waals surface area contributed by atoms with Gasteiger partial charge in [-0.1, -0.05) is 6.07 Å². The number of aromatic amines is 1. The first-order valence-electron chi connectivity index (χ1n) is 6.55. The van der Waals surface area contributed by atoms with Crippen molar-refractivity contribution in [2.45, 2.75) is 12.8 Å². The van der Waals surface area contributed by atoms with Crippen LogP contribution in [0.15, 0.2) is 30.6 Å². The van der Waals surface area contributed by atoms with Gasteiger partial charge in [0, 0.05) is 23.0 Å². The molecule has 0 saturated heterocycles. The number of hydrogen-bond donors (Lipinski definition) is 2. The van der Waals surface area contributed by atoms with Crippen molar-refractivity contribution in [2.75, 3.05) is 0 Å².